The van der Waals surface area contributed by atoms with E-state index in [-0.39, 0.29) is 0 Å². The summed E-state index contributed by atoms with van der Waals surface area (Å²) >= 11 is 0. The van der Waals surface area contributed by atoms with Crippen LogP contribution in [0.15, 0.2) is 23.1 Å². The van der Waals surface area contributed by atoms with E-state index in [2.05, 4.69) is 0 Å². The summed E-state index contributed by atoms with van der Waals surface area (Å²) in [6.07, 6.45) is 1.21. The first-order valence-corrected chi connectivity index (χ1v) is 6.13. The monoisotopic (exact) mass is 214 g/mol. The number of sulfone groups is 1. The first-order valence-electron chi connectivity index (χ1n) is 4.23. The molecule has 78 valence electrons. The number of benzene rings is 1. The van der Waals surface area contributed by atoms with Crippen LogP contribution >= 0.6 is 0 Å². The lowest BCUT2D eigenvalue weighted by atomic mass is 10.2. The fraction of sp³-hybridized carbons (Fsp3) is 0.400. The highest BCUT2D eigenvalue weighted by Gasteiger charge is 2.12. The predicted octanol–water partition coefficient (Wildman–Crippen LogP) is 1.54. The van der Waals surface area contributed by atoms with Crippen LogP contribution in [-0.2, 0) is 21.2 Å². The smallest absolute Gasteiger partial charge is 0.175 e. The maximum absolute atomic E-state index is 11.4. The Morgan fingerprint density at radius 2 is 2.00 bits per heavy atom. The topological polar surface area (TPSA) is 43.4 Å². The molecule has 0 spiro atoms. The van der Waals surface area contributed by atoms with Gasteiger partial charge in [0.2, 0.25) is 0 Å². The van der Waals surface area contributed by atoms with Crippen LogP contribution in [0, 0.1) is 6.92 Å². The molecule has 1 rings (SSSR count). The Morgan fingerprint density at radius 1 is 1.36 bits per heavy atom. The first-order chi connectivity index (χ1) is 6.45. The summed E-state index contributed by atoms with van der Waals surface area (Å²) in [4.78, 5) is 0.361. The van der Waals surface area contributed by atoms with Gasteiger partial charge in [-0.25, -0.2) is 8.42 Å². The normalized spacial score (nSPS) is 11.6. The minimum atomic E-state index is -3.16. The number of rotatable bonds is 3. The molecule has 0 bridgehead atoms. The molecule has 0 aliphatic rings. The summed E-state index contributed by atoms with van der Waals surface area (Å²) in [6, 6.07) is 5.34. The average Bonchev–Trinajstić information content (AvgIpc) is 2.07. The van der Waals surface area contributed by atoms with Crippen LogP contribution in [0.5, 0.6) is 0 Å². The van der Waals surface area contributed by atoms with E-state index < -0.39 is 9.84 Å². The van der Waals surface area contributed by atoms with Crippen molar-refractivity contribution in [3.63, 3.8) is 0 Å². The van der Waals surface area contributed by atoms with Crippen LogP contribution in [0.3, 0.4) is 0 Å². The molecule has 0 aromatic heterocycles. The van der Waals surface area contributed by atoms with Gasteiger partial charge in [0.05, 0.1) is 11.5 Å². The third-order valence-corrected chi connectivity index (χ3v) is 3.10. The zero-order valence-electron chi connectivity index (χ0n) is 8.57. The fourth-order valence-electron chi connectivity index (χ4n) is 1.28. The molecule has 0 saturated heterocycles. The largest absolute Gasteiger partial charge is 0.380 e. The lowest BCUT2D eigenvalue weighted by molar-refractivity contribution is 0.182. The van der Waals surface area contributed by atoms with Gasteiger partial charge in [0, 0.05) is 13.4 Å². The van der Waals surface area contributed by atoms with Gasteiger partial charge in [-0.3, -0.25) is 0 Å². The van der Waals surface area contributed by atoms with Gasteiger partial charge in [0.1, 0.15) is 0 Å². The van der Waals surface area contributed by atoms with Crippen LogP contribution in [0.25, 0.3) is 0 Å². The number of aryl methyl sites for hydroxylation is 1. The highest BCUT2D eigenvalue weighted by molar-refractivity contribution is 7.90. The van der Waals surface area contributed by atoms with Gasteiger partial charge in [-0.1, -0.05) is 12.1 Å². The molecule has 0 aliphatic heterocycles. The SMILES string of the molecule is COCc1ccc(C)cc1S(C)(=O)=O. The van der Waals surface area contributed by atoms with Crippen LogP contribution < -0.4 is 0 Å². The maximum Gasteiger partial charge on any atom is 0.175 e. The van der Waals surface area contributed by atoms with Crippen molar-refractivity contribution >= 4 is 9.84 Å². The zero-order valence-corrected chi connectivity index (χ0v) is 9.39. The molecule has 0 amide bonds. The van der Waals surface area contributed by atoms with Gasteiger partial charge >= 0.3 is 0 Å². The van der Waals surface area contributed by atoms with Crippen molar-refractivity contribution < 1.29 is 13.2 Å². The molecule has 0 heterocycles. The first kappa shape index (κ1) is 11.2. The number of hydrogen-bond donors (Lipinski definition) is 0. The van der Waals surface area contributed by atoms with E-state index >= 15 is 0 Å². The number of ether oxygens (including phenoxy) is 1. The van der Waals surface area contributed by atoms with Gasteiger partial charge in [0.25, 0.3) is 0 Å². The summed E-state index contributed by atoms with van der Waals surface area (Å²) in [5.74, 6) is 0. The van der Waals surface area contributed by atoms with E-state index in [1.807, 2.05) is 13.0 Å². The van der Waals surface area contributed by atoms with Crippen LogP contribution in [0.1, 0.15) is 11.1 Å². The van der Waals surface area contributed by atoms with E-state index in [1.54, 1.807) is 19.2 Å². The Hall–Kier alpha value is -0.870. The lowest BCUT2D eigenvalue weighted by Crippen LogP contribution is -2.03. The summed E-state index contributed by atoms with van der Waals surface area (Å²) in [7, 11) is -1.61. The molecule has 0 N–H and O–H groups in total. The Morgan fingerprint density at radius 3 is 2.50 bits per heavy atom. The van der Waals surface area contributed by atoms with E-state index in [0.717, 1.165) is 5.56 Å². The lowest BCUT2D eigenvalue weighted by Gasteiger charge is -2.07. The molecule has 0 fully saturated rings. The number of methoxy groups -OCH3 is 1. The highest BCUT2D eigenvalue weighted by atomic mass is 32.2. The quantitative estimate of drug-likeness (QED) is 0.766. The molecule has 1 aromatic carbocycles. The molecule has 0 unspecified atom stereocenters. The van der Waals surface area contributed by atoms with Crippen molar-refractivity contribution in [2.45, 2.75) is 18.4 Å². The molecule has 14 heavy (non-hydrogen) atoms. The molecule has 0 saturated carbocycles. The highest BCUT2D eigenvalue weighted by Crippen LogP contribution is 2.18. The van der Waals surface area contributed by atoms with Crippen LogP contribution in [-0.4, -0.2) is 21.8 Å². The van der Waals surface area contributed by atoms with Gasteiger partial charge in [-0.15, -0.1) is 0 Å². The zero-order chi connectivity index (χ0) is 10.8. The van der Waals surface area contributed by atoms with Gasteiger partial charge in [-0.2, -0.15) is 0 Å². The second-order valence-electron chi connectivity index (χ2n) is 3.32. The summed E-state index contributed by atoms with van der Waals surface area (Å²) in [6.45, 7) is 2.19. The van der Waals surface area contributed by atoms with Crippen molar-refractivity contribution in [1.82, 2.24) is 0 Å². The molecule has 1 aromatic rings. The third-order valence-electron chi connectivity index (χ3n) is 1.92. The Labute approximate surface area is 84.6 Å². The minimum Gasteiger partial charge on any atom is -0.380 e. The van der Waals surface area contributed by atoms with E-state index in [0.29, 0.717) is 17.1 Å². The molecule has 4 heteroatoms. The van der Waals surface area contributed by atoms with E-state index in [4.69, 9.17) is 4.74 Å². The summed E-state index contributed by atoms with van der Waals surface area (Å²) in [5.41, 5.74) is 1.64. The molecular weight excluding hydrogens is 200 g/mol. The summed E-state index contributed by atoms with van der Waals surface area (Å²) in [5, 5.41) is 0. The number of hydrogen-bond acceptors (Lipinski definition) is 3. The molecule has 3 nitrogen and oxygen atoms in total. The Kier molecular flexibility index (Phi) is 3.29. The third kappa shape index (κ3) is 2.56. The van der Waals surface area contributed by atoms with Gasteiger partial charge < -0.3 is 4.74 Å². The van der Waals surface area contributed by atoms with Crippen molar-refractivity contribution in [2.75, 3.05) is 13.4 Å². The van der Waals surface area contributed by atoms with Crippen molar-refractivity contribution in [3.8, 4) is 0 Å². The second kappa shape index (κ2) is 4.11. The Balaban J connectivity index is 3.30. The Bertz CT molecular complexity index is 421. The second-order valence-corrected chi connectivity index (χ2v) is 5.30. The summed E-state index contributed by atoms with van der Waals surface area (Å²) < 4.78 is 27.8. The fourth-order valence-corrected chi connectivity index (χ4v) is 2.28. The predicted molar refractivity (Wildman–Crippen MR) is 55.0 cm³/mol. The minimum absolute atomic E-state index is 0.322. The van der Waals surface area contributed by atoms with Crippen LogP contribution in [0.4, 0.5) is 0 Å². The van der Waals surface area contributed by atoms with Gasteiger partial charge in [-0.05, 0) is 24.1 Å². The molecular formula is C10H14O3S. The average molecular weight is 214 g/mol. The van der Waals surface area contributed by atoms with E-state index in [9.17, 15) is 8.42 Å². The van der Waals surface area contributed by atoms with Crippen molar-refractivity contribution in [1.29, 1.82) is 0 Å². The maximum atomic E-state index is 11.4. The van der Waals surface area contributed by atoms with Crippen LogP contribution in [0.2, 0.25) is 0 Å². The molecule has 0 radical (unpaired) electrons. The van der Waals surface area contributed by atoms with Gasteiger partial charge in [0.15, 0.2) is 9.84 Å². The standard InChI is InChI=1S/C10H14O3S/c1-8-4-5-9(7-13-2)10(6-8)14(3,11)12/h4-6H,7H2,1-3H3. The molecule has 0 atom stereocenters. The van der Waals surface area contributed by atoms with Crippen molar-refractivity contribution in [3.05, 3.63) is 29.3 Å². The van der Waals surface area contributed by atoms with Crippen molar-refractivity contribution in [2.24, 2.45) is 0 Å². The molecule has 0 aliphatic carbocycles. The van der Waals surface area contributed by atoms with E-state index in [1.165, 1.54) is 6.26 Å².